The zero-order valence-corrected chi connectivity index (χ0v) is 12.5. The molecular formula is C18H23NO. The molecular weight excluding hydrogens is 246 g/mol. The molecule has 1 N–H and O–H groups in total. The Morgan fingerprint density at radius 1 is 1.05 bits per heavy atom. The van der Waals surface area contributed by atoms with E-state index in [1.165, 1.54) is 11.1 Å². The highest BCUT2D eigenvalue weighted by atomic mass is 16.5. The Bertz CT molecular complexity index is 551. The van der Waals surface area contributed by atoms with E-state index < -0.39 is 0 Å². The quantitative estimate of drug-likeness (QED) is 0.820. The Hall–Kier alpha value is -1.80. The van der Waals surface area contributed by atoms with Crippen molar-refractivity contribution in [3.05, 3.63) is 59.7 Å². The summed E-state index contributed by atoms with van der Waals surface area (Å²) in [6.07, 6.45) is 1.02. The molecule has 0 radical (unpaired) electrons. The third-order valence-corrected chi connectivity index (χ3v) is 3.43. The van der Waals surface area contributed by atoms with E-state index >= 15 is 0 Å². The van der Waals surface area contributed by atoms with Gasteiger partial charge in [-0.25, -0.2) is 0 Å². The van der Waals surface area contributed by atoms with Crippen LogP contribution in [0, 0.1) is 0 Å². The van der Waals surface area contributed by atoms with Crippen molar-refractivity contribution in [2.75, 3.05) is 6.54 Å². The molecule has 2 rings (SSSR count). The summed E-state index contributed by atoms with van der Waals surface area (Å²) in [6, 6.07) is 16.8. The first-order valence-electron chi connectivity index (χ1n) is 7.33. The van der Waals surface area contributed by atoms with Crippen LogP contribution in [0.5, 0.6) is 11.5 Å². The molecule has 0 saturated carbocycles. The molecule has 0 bridgehead atoms. The van der Waals surface area contributed by atoms with Gasteiger partial charge in [0.05, 0.1) is 0 Å². The molecule has 2 nitrogen and oxygen atoms in total. The molecule has 2 heteroatoms. The fourth-order valence-corrected chi connectivity index (χ4v) is 2.30. The predicted molar refractivity (Wildman–Crippen MR) is 84.4 cm³/mol. The van der Waals surface area contributed by atoms with E-state index in [0.29, 0.717) is 0 Å². The van der Waals surface area contributed by atoms with Crippen molar-refractivity contribution in [2.24, 2.45) is 0 Å². The minimum Gasteiger partial charge on any atom is -0.457 e. The summed E-state index contributed by atoms with van der Waals surface area (Å²) in [4.78, 5) is 0. The number of rotatable bonds is 6. The Morgan fingerprint density at radius 3 is 2.60 bits per heavy atom. The van der Waals surface area contributed by atoms with Gasteiger partial charge in [-0.1, -0.05) is 44.2 Å². The summed E-state index contributed by atoms with van der Waals surface area (Å²) in [5.74, 6) is 1.83. The highest BCUT2D eigenvalue weighted by molar-refractivity contribution is 5.40. The Morgan fingerprint density at radius 2 is 1.85 bits per heavy atom. The van der Waals surface area contributed by atoms with Crippen LogP contribution in [0.15, 0.2) is 48.5 Å². The van der Waals surface area contributed by atoms with Crippen molar-refractivity contribution in [3.8, 4) is 11.5 Å². The maximum atomic E-state index is 6.08. The van der Waals surface area contributed by atoms with Gasteiger partial charge in [-0.3, -0.25) is 0 Å². The molecule has 20 heavy (non-hydrogen) atoms. The first kappa shape index (κ1) is 14.6. The molecule has 0 spiro atoms. The number of nitrogens with one attached hydrogen (secondary N) is 1. The minimum atomic E-state index is 0.283. The summed E-state index contributed by atoms with van der Waals surface area (Å²) in [7, 11) is 0. The zero-order valence-electron chi connectivity index (χ0n) is 12.5. The van der Waals surface area contributed by atoms with Gasteiger partial charge in [0.2, 0.25) is 0 Å². The molecule has 106 valence electrons. The topological polar surface area (TPSA) is 21.3 Å². The van der Waals surface area contributed by atoms with Crippen LogP contribution in [0.3, 0.4) is 0 Å². The smallest absolute Gasteiger partial charge is 0.132 e. The molecule has 2 aromatic carbocycles. The molecule has 0 saturated heterocycles. The number of hydrogen-bond donors (Lipinski definition) is 1. The second-order valence-corrected chi connectivity index (χ2v) is 4.92. The van der Waals surface area contributed by atoms with Crippen LogP contribution >= 0.6 is 0 Å². The zero-order chi connectivity index (χ0) is 14.4. The van der Waals surface area contributed by atoms with Crippen molar-refractivity contribution < 1.29 is 4.74 Å². The van der Waals surface area contributed by atoms with Crippen LogP contribution in [0.1, 0.15) is 37.9 Å². The van der Waals surface area contributed by atoms with Crippen molar-refractivity contribution in [2.45, 2.75) is 33.2 Å². The monoisotopic (exact) mass is 269 g/mol. The molecule has 1 atom stereocenters. The molecule has 0 heterocycles. The first-order chi connectivity index (χ1) is 9.74. The van der Waals surface area contributed by atoms with E-state index in [0.717, 1.165) is 24.5 Å². The summed E-state index contributed by atoms with van der Waals surface area (Å²) in [5, 5.41) is 3.43. The van der Waals surface area contributed by atoms with Gasteiger partial charge in [-0.05, 0) is 43.7 Å². The third-order valence-electron chi connectivity index (χ3n) is 3.43. The minimum absolute atomic E-state index is 0.283. The van der Waals surface area contributed by atoms with E-state index in [1.54, 1.807) is 0 Å². The summed E-state index contributed by atoms with van der Waals surface area (Å²) >= 11 is 0. The lowest BCUT2D eigenvalue weighted by atomic mass is 10.1. The molecule has 0 aliphatic rings. The van der Waals surface area contributed by atoms with Crippen LogP contribution < -0.4 is 10.1 Å². The lowest BCUT2D eigenvalue weighted by Gasteiger charge is -2.17. The summed E-state index contributed by atoms with van der Waals surface area (Å²) < 4.78 is 6.08. The summed E-state index contributed by atoms with van der Waals surface area (Å²) in [6.45, 7) is 7.37. The first-order valence-corrected chi connectivity index (χ1v) is 7.33. The van der Waals surface area contributed by atoms with Crippen LogP contribution in [-0.4, -0.2) is 6.54 Å². The average molecular weight is 269 g/mol. The number of ether oxygens (including phenoxy) is 1. The van der Waals surface area contributed by atoms with Crippen molar-refractivity contribution in [1.29, 1.82) is 0 Å². The Kier molecular flexibility index (Phi) is 5.19. The van der Waals surface area contributed by atoms with Crippen molar-refractivity contribution in [3.63, 3.8) is 0 Å². The standard InChI is InChI=1S/C18H23NO/c1-4-15-9-8-10-16(13-15)20-18-12-7-6-11-17(18)14(3)19-5-2/h6-14,19H,4-5H2,1-3H3. The fourth-order valence-electron chi connectivity index (χ4n) is 2.30. The number of hydrogen-bond acceptors (Lipinski definition) is 2. The number of para-hydroxylation sites is 1. The van der Waals surface area contributed by atoms with Gasteiger partial charge in [0.1, 0.15) is 11.5 Å². The lowest BCUT2D eigenvalue weighted by molar-refractivity contribution is 0.462. The second kappa shape index (κ2) is 7.11. The molecule has 0 aromatic heterocycles. The molecule has 0 aliphatic carbocycles. The van der Waals surface area contributed by atoms with Crippen molar-refractivity contribution >= 4 is 0 Å². The normalized spacial score (nSPS) is 12.2. The molecule has 0 fully saturated rings. The van der Waals surface area contributed by atoms with Crippen molar-refractivity contribution in [1.82, 2.24) is 5.32 Å². The van der Waals surface area contributed by atoms with Gasteiger partial charge in [-0.2, -0.15) is 0 Å². The highest BCUT2D eigenvalue weighted by Crippen LogP contribution is 2.29. The van der Waals surface area contributed by atoms with Crippen LogP contribution in [-0.2, 0) is 6.42 Å². The van der Waals surface area contributed by atoms with Crippen LogP contribution in [0.2, 0.25) is 0 Å². The van der Waals surface area contributed by atoms with Gasteiger partial charge in [0, 0.05) is 11.6 Å². The van der Waals surface area contributed by atoms with E-state index in [1.807, 2.05) is 24.3 Å². The molecule has 0 aliphatic heterocycles. The van der Waals surface area contributed by atoms with Gasteiger partial charge in [0.15, 0.2) is 0 Å². The SMILES string of the molecule is CCNC(C)c1ccccc1Oc1cccc(CC)c1. The molecule has 0 amide bonds. The Labute approximate surface area is 121 Å². The van der Waals surface area contributed by atoms with E-state index in [9.17, 15) is 0 Å². The average Bonchev–Trinajstić information content (AvgIpc) is 2.48. The second-order valence-electron chi connectivity index (χ2n) is 4.92. The van der Waals surface area contributed by atoms with Gasteiger partial charge < -0.3 is 10.1 Å². The largest absolute Gasteiger partial charge is 0.457 e. The maximum Gasteiger partial charge on any atom is 0.132 e. The number of benzene rings is 2. The molecule has 1 unspecified atom stereocenters. The van der Waals surface area contributed by atoms with Crippen LogP contribution in [0.4, 0.5) is 0 Å². The fraction of sp³-hybridized carbons (Fsp3) is 0.333. The highest BCUT2D eigenvalue weighted by Gasteiger charge is 2.10. The molecule has 2 aromatic rings. The van der Waals surface area contributed by atoms with E-state index in [4.69, 9.17) is 4.74 Å². The van der Waals surface area contributed by atoms with E-state index in [2.05, 4.69) is 50.4 Å². The lowest BCUT2D eigenvalue weighted by Crippen LogP contribution is -2.18. The maximum absolute atomic E-state index is 6.08. The number of aryl methyl sites for hydroxylation is 1. The van der Waals surface area contributed by atoms with E-state index in [-0.39, 0.29) is 6.04 Å². The predicted octanol–water partition coefficient (Wildman–Crippen LogP) is 4.71. The van der Waals surface area contributed by atoms with Gasteiger partial charge >= 0.3 is 0 Å². The summed E-state index contributed by atoms with van der Waals surface area (Å²) in [5.41, 5.74) is 2.48. The van der Waals surface area contributed by atoms with Crippen LogP contribution in [0.25, 0.3) is 0 Å². The van der Waals surface area contributed by atoms with Gasteiger partial charge in [-0.15, -0.1) is 0 Å². The Balaban J connectivity index is 2.24. The third kappa shape index (κ3) is 3.61. The van der Waals surface area contributed by atoms with Gasteiger partial charge in [0.25, 0.3) is 0 Å².